The SMILES string of the molecule is COc1ccc(CC(C)(C)NC(=O)c2cccc(C(=O)O)c2)cc1. The number of carbonyl (C=O) groups is 2. The highest BCUT2D eigenvalue weighted by Gasteiger charge is 2.22. The Labute approximate surface area is 141 Å². The molecule has 24 heavy (non-hydrogen) atoms. The van der Waals surface area contributed by atoms with Gasteiger partial charge in [0, 0.05) is 11.1 Å². The van der Waals surface area contributed by atoms with E-state index in [0.717, 1.165) is 11.3 Å². The normalized spacial score (nSPS) is 11.0. The van der Waals surface area contributed by atoms with E-state index < -0.39 is 11.5 Å². The van der Waals surface area contributed by atoms with E-state index in [9.17, 15) is 9.59 Å². The van der Waals surface area contributed by atoms with E-state index in [-0.39, 0.29) is 11.5 Å². The van der Waals surface area contributed by atoms with Crippen LogP contribution in [-0.4, -0.2) is 29.6 Å². The molecule has 0 fully saturated rings. The minimum atomic E-state index is -1.05. The summed E-state index contributed by atoms with van der Waals surface area (Å²) in [5, 5.41) is 12.0. The molecule has 126 valence electrons. The van der Waals surface area contributed by atoms with E-state index in [1.54, 1.807) is 19.2 Å². The summed E-state index contributed by atoms with van der Waals surface area (Å²) in [5.41, 5.74) is 1.01. The summed E-state index contributed by atoms with van der Waals surface area (Å²) in [4.78, 5) is 23.4. The first-order valence-corrected chi connectivity index (χ1v) is 7.59. The van der Waals surface area contributed by atoms with Crippen LogP contribution in [0.5, 0.6) is 5.75 Å². The lowest BCUT2D eigenvalue weighted by Gasteiger charge is -2.26. The monoisotopic (exact) mass is 327 g/mol. The largest absolute Gasteiger partial charge is 0.497 e. The molecule has 0 heterocycles. The maximum absolute atomic E-state index is 12.4. The number of benzene rings is 2. The van der Waals surface area contributed by atoms with Crippen LogP contribution in [0.3, 0.4) is 0 Å². The zero-order valence-electron chi connectivity index (χ0n) is 14.0. The molecule has 0 radical (unpaired) electrons. The first-order chi connectivity index (χ1) is 11.3. The van der Waals surface area contributed by atoms with Crippen molar-refractivity contribution in [2.45, 2.75) is 25.8 Å². The quantitative estimate of drug-likeness (QED) is 0.854. The lowest BCUT2D eigenvalue weighted by molar-refractivity contribution is 0.0697. The molecule has 2 N–H and O–H groups in total. The van der Waals surface area contributed by atoms with Gasteiger partial charge in [0.25, 0.3) is 5.91 Å². The minimum Gasteiger partial charge on any atom is -0.497 e. The molecule has 0 bridgehead atoms. The summed E-state index contributed by atoms with van der Waals surface area (Å²) >= 11 is 0. The smallest absolute Gasteiger partial charge is 0.335 e. The fourth-order valence-corrected chi connectivity index (χ4v) is 2.47. The van der Waals surface area contributed by atoms with Crippen molar-refractivity contribution < 1.29 is 19.4 Å². The fourth-order valence-electron chi connectivity index (χ4n) is 2.47. The van der Waals surface area contributed by atoms with Crippen LogP contribution in [0.1, 0.15) is 40.1 Å². The van der Waals surface area contributed by atoms with Gasteiger partial charge in [-0.1, -0.05) is 18.2 Å². The molecule has 1 amide bonds. The average Bonchev–Trinajstić information content (AvgIpc) is 2.54. The third-order valence-electron chi connectivity index (χ3n) is 3.63. The van der Waals surface area contributed by atoms with Crippen LogP contribution in [0.2, 0.25) is 0 Å². The first kappa shape index (κ1) is 17.5. The molecule has 0 aliphatic heterocycles. The Morgan fingerprint density at radius 1 is 1.08 bits per heavy atom. The molecule has 5 heteroatoms. The van der Waals surface area contributed by atoms with Gasteiger partial charge in [-0.3, -0.25) is 4.79 Å². The summed E-state index contributed by atoms with van der Waals surface area (Å²) in [6.45, 7) is 3.85. The number of rotatable bonds is 6. The van der Waals surface area contributed by atoms with Crippen molar-refractivity contribution in [2.24, 2.45) is 0 Å². The molecule has 0 saturated carbocycles. The van der Waals surface area contributed by atoms with Gasteiger partial charge in [-0.25, -0.2) is 4.79 Å². The van der Waals surface area contributed by atoms with Gasteiger partial charge in [0.1, 0.15) is 5.75 Å². The summed E-state index contributed by atoms with van der Waals surface area (Å²) in [7, 11) is 1.62. The summed E-state index contributed by atoms with van der Waals surface area (Å²) in [6.07, 6.45) is 0.640. The highest BCUT2D eigenvalue weighted by atomic mass is 16.5. The first-order valence-electron chi connectivity index (χ1n) is 7.59. The Kier molecular flexibility index (Phi) is 5.24. The number of amides is 1. The molecule has 2 aromatic rings. The van der Waals surface area contributed by atoms with Crippen molar-refractivity contribution in [3.8, 4) is 5.75 Å². The molecule has 0 spiro atoms. The summed E-state index contributed by atoms with van der Waals surface area (Å²) in [6, 6.07) is 13.7. The molecule has 0 atom stereocenters. The predicted octanol–water partition coefficient (Wildman–Crippen LogP) is 3.14. The number of aromatic carboxylic acids is 1. The maximum Gasteiger partial charge on any atom is 0.335 e. The van der Waals surface area contributed by atoms with Gasteiger partial charge in [-0.15, -0.1) is 0 Å². The van der Waals surface area contributed by atoms with Gasteiger partial charge < -0.3 is 15.2 Å². The van der Waals surface area contributed by atoms with Gasteiger partial charge in [-0.05, 0) is 56.2 Å². The lowest BCUT2D eigenvalue weighted by atomic mass is 9.94. The number of carbonyl (C=O) groups excluding carboxylic acids is 1. The second-order valence-electron chi connectivity index (χ2n) is 6.25. The van der Waals surface area contributed by atoms with Crippen LogP contribution in [0.15, 0.2) is 48.5 Å². The fraction of sp³-hybridized carbons (Fsp3) is 0.263. The lowest BCUT2D eigenvalue weighted by Crippen LogP contribution is -2.45. The molecule has 0 saturated heterocycles. The molecule has 0 aromatic heterocycles. The molecule has 0 unspecified atom stereocenters. The van der Waals surface area contributed by atoms with Crippen molar-refractivity contribution >= 4 is 11.9 Å². The van der Waals surface area contributed by atoms with E-state index in [4.69, 9.17) is 9.84 Å². The maximum atomic E-state index is 12.4. The van der Waals surface area contributed by atoms with Crippen LogP contribution >= 0.6 is 0 Å². The van der Waals surface area contributed by atoms with Gasteiger partial charge in [-0.2, -0.15) is 0 Å². The van der Waals surface area contributed by atoms with E-state index in [1.807, 2.05) is 38.1 Å². The molecular weight excluding hydrogens is 306 g/mol. The molecule has 0 aliphatic carbocycles. The Morgan fingerprint density at radius 2 is 1.71 bits per heavy atom. The molecule has 5 nitrogen and oxygen atoms in total. The summed E-state index contributed by atoms with van der Waals surface area (Å²) in [5.74, 6) is -0.565. The van der Waals surface area contributed by atoms with Crippen LogP contribution < -0.4 is 10.1 Å². The van der Waals surface area contributed by atoms with Gasteiger partial charge in [0.05, 0.1) is 12.7 Å². The van der Waals surface area contributed by atoms with Crippen LogP contribution in [0.4, 0.5) is 0 Å². The number of methoxy groups -OCH3 is 1. The Hall–Kier alpha value is -2.82. The number of nitrogens with one attached hydrogen (secondary N) is 1. The van der Waals surface area contributed by atoms with E-state index in [0.29, 0.717) is 12.0 Å². The van der Waals surface area contributed by atoms with Crippen molar-refractivity contribution in [3.63, 3.8) is 0 Å². The molecule has 2 rings (SSSR count). The zero-order chi connectivity index (χ0) is 17.7. The standard InChI is InChI=1S/C19H21NO4/c1-19(2,12-13-7-9-16(24-3)10-8-13)20-17(21)14-5-4-6-15(11-14)18(22)23/h4-11H,12H2,1-3H3,(H,20,21)(H,22,23). The van der Waals surface area contributed by atoms with Gasteiger partial charge >= 0.3 is 5.97 Å². The molecular formula is C19H21NO4. The number of ether oxygens (including phenoxy) is 1. The van der Waals surface area contributed by atoms with Crippen molar-refractivity contribution in [1.82, 2.24) is 5.32 Å². The van der Waals surface area contributed by atoms with Crippen LogP contribution in [-0.2, 0) is 6.42 Å². The number of hydrogen-bond donors (Lipinski definition) is 2. The van der Waals surface area contributed by atoms with Gasteiger partial charge in [0.2, 0.25) is 0 Å². The van der Waals surface area contributed by atoms with Crippen molar-refractivity contribution in [1.29, 1.82) is 0 Å². The zero-order valence-corrected chi connectivity index (χ0v) is 14.0. The topological polar surface area (TPSA) is 75.6 Å². The number of carboxylic acids is 1. The Balaban J connectivity index is 2.08. The molecule has 0 aliphatic rings. The van der Waals surface area contributed by atoms with E-state index in [2.05, 4.69) is 5.32 Å². The second-order valence-corrected chi connectivity index (χ2v) is 6.25. The van der Waals surface area contributed by atoms with Crippen LogP contribution in [0, 0.1) is 0 Å². The van der Waals surface area contributed by atoms with Gasteiger partial charge in [0.15, 0.2) is 0 Å². The van der Waals surface area contributed by atoms with Crippen LogP contribution in [0.25, 0.3) is 0 Å². The highest BCUT2D eigenvalue weighted by Crippen LogP contribution is 2.17. The summed E-state index contributed by atoms with van der Waals surface area (Å²) < 4.78 is 5.13. The number of hydrogen-bond acceptors (Lipinski definition) is 3. The third-order valence-corrected chi connectivity index (χ3v) is 3.63. The van der Waals surface area contributed by atoms with Crippen molar-refractivity contribution in [3.05, 3.63) is 65.2 Å². The molecule has 2 aromatic carbocycles. The minimum absolute atomic E-state index is 0.0932. The second kappa shape index (κ2) is 7.17. The Bertz CT molecular complexity index is 735. The Morgan fingerprint density at radius 3 is 2.29 bits per heavy atom. The number of carboxylic acid groups (broad SMARTS) is 1. The average molecular weight is 327 g/mol. The van der Waals surface area contributed by atoms with E-state index in [1.165, 1.54) is 12.1 Å². The van der Waals surface area contributed by atoms with E-state index >= 15 is 0 Å². The van der Waals surface area contributed by atoms with Crippen molar-refractivity contribution in [2.75, 3.05) is 7.11 Å². The highest BCUT2D eigenvalue weighted by molar-refractivity contribution is 5.97. The predicted molar refractivity (Wildman–Crippen MR) is 91.6 cm³/mol. The third kappa shape index (κ3) is 4.59.